The van der Waals surface area contributed by atoms with Crippen LogP contribution in [0.25, 0.3) is 10.9 Å². The number of alkyl carbamates (subject to hydrolysis) is 1. The first-order chi connectivity index (χ1) is 41.9. The Morgan fingerprint density at radius 1 is 0.586 bits per heavy atom. The highest BCUT2D eigenvalue weighted by Crippen LogP contribution is 2.26. The maximum Gasteiger partial charge on any atom is 0.407 e. The molecule has 6 aromatic rings. The number of nitrogens with one attached hydrogen (secondary N) is 7. The summed E-state index contributed by atoms with van der Waals surface area (Å²) in [6.45, 7) is 0.617. The normalized spacial score (nSPS) is 20.9. The molecule has 9 atom stereocenters. The Morgan fingerprint density at radius 3 is 1.76 bits per heavy atom. The monoisotopic (exact) mass is 1200 g/mol. The lowest BCUT2D eigenvalue weighted by Gasteiger charge is -2.32. The number of ether oxygens (including phenoxy) is 2. The number of amides is 7. The number of aromatic amines is 1. The van der Waals surface area contributed by atoms with Gasteiger partial charge in [-0.1, -0.05) is 121 Å². The number of fused-ring (bicyclic) bond motifs is 2. The molecule has 2 aliphatic heterocycles. The number of aliphatic hydroxyl groups excluding tert-OH is 2. The van der Waals surface area contributed by atoms with E-state index in [1.165, 1.54) is 4.90 Å². The van der Waals surface area contributed by atoms with Gasteiger partial charge in [-0.15, -0.1) is 0 Å². The summed E-state index contributed by atoms with van der Waals surface area (Å²) >= 11 is 0. The zero-order valence-electron chi connectivity index (χ0n) is 47.4. The lowest BCUT2D eigenvalue weighted by molar-refractivity contribution is -0.165. The van der Waals surface area contributed by atoms with Gasteiger partial charge >= 0.3 is 18.0 Å². The second kappa shape index (κ2) is 32.0. The van der Waals surface area contributed by atoms with E-state index in [-0.39, 0.29) is 51.7 Å². The fraction of sp³-hybridized carbons (Fsp3) is 0.339. The number of unbranched alkanes of at least 4 members (excludes halogenated alkanes) is 1. The van der Waals surface area contributed by atoms with E-state index < -0.39 is 108 Å². The van der Waals surface area contributed by atoms with E-state index in [0.29, 0.717) is 54.0 Å². The first kappa shape index (κ1) is 64.9. The number of rotatable bonds is 20. The lowest BCUT2D eigenvalue weighted by atomic mass is 9.99. The molecule has 15 N–H and O–H groups in total. The number of carboxylic acids is 2. The van der Waals surface area contributed by atoms with E-state index in [1.54, 1.807) is 85.1 Å². The number of aliphatic carboxylic acids is 2. The van der Waals surface area contributed by atoms with Gasteiger partial charge in [0.2, 0.25) is 35.4 Å². The molecule has 0 bridgehead atoms. The summed E-state index contributed by atoms with van der Waals surface area (Å²) in [5.41, 5.74) is 15.7. The smallest absolute Gasteiger partial charge is 0.407 e. The molecule has 7 amide bonds. The van der Waals surface area contributed by atoms with Crippen LogP contribution in [0, 0.1) is 0 Å². The lowest BCUT2D eigenvalue weighted by Crippen LogP contribution is -2.61. The maximum atomic E-state index is 15.3. The Morgan fingerprint density at radius 2 is 1.13 bits per heavy atom. The van der Waals surface area contributed by atoms with Crippen LogP contribution < -0.4 is 48.1 Å². The fourth-order valence-corrected chi connectivity index (χ4v) is 9.92. The van der Waals surface area contributed by atoms with Gasteiger partial charge in [0.1, 0.15) is 54.7 Å². The summed E-state index contributed by atoms with van der Waals surface area (Å²) < 4.78 is 11.8. The third-order valence-corrected chi connectivity index (χ3v) is 14.5. The van der Waals surface area contributed by atoms with Crippen LogP contribution >= 0.6 is 0 Å². The molecule has 0 aliphatic carbocycles. The Balaban J connectivity index is 0.000000990. The SMILES string of the molecule is NCCCC[C@@H]1NC(=O)[C@@H](Cc2c[nH]c3ccccc23)NC(=O)[C@H](c2ccccc2)NC(=O)[C@@H]2C[C@@H](OC(=O)NCCN)CN2C(=O)[C@H](Cc2ccccc2)NC(=O)[C@H](Cc2ccc(OCc3ccccc3)cc2)NC1=O.O=C(O)C(O)C(O)C(=O)O. The molecule has 3 heterocycles. The molecule has 2 saturated heterocycles. The molecule has 0 saturated carbocycles. The molecular formula is C62H72N10O15. The van der Waals surface area contributed by atoms with Crippen molar-refractivity contribution >= 4 is 64.4 Å². The minimum atomic E-state index is -2.27. The summed E-state index contributed by atoms with van der Waals surface area (Å²) in [7, 11) is 0. The van der Waals surface area contributed by atoms with Crippen LogP contribution in [-0.4, -0.2) is 158 Å². The number of aromatic nitrogens is 1. The number of H-pyrrole nitrogens is 1. The van der Waals surface area contributed by atoms with Crippen molar-refractivity contribution in [1.29, 1.82) is 0 Å². The van der Waals surface area contributed by atoms with Gasteiger partial charge in [-0.3, -0.25) is 28.8 Å². The van der Waals surface area contributed by atoms with Crippen LogP contribution in [0.15, 0.2) is 146 Å². The quantitative estimate of drug-likeness (QED) is 0.0478. The summed E-state index contributed by atoms with van der Waals surface area (Å²) in [5, 5.41) is 50.4. The van der Waals surface area contributed by atoms with Gasteiger partial charge in [-0.2, -0.15) is 0 Å². The van der Waals surface area contributed by atoms with Crippen LogP contribution in [0.4, 0.5) is 4.79 Å². The predicted molar refractivity (Wildman–Crippen MR) is 316 cm³/mol. The fourth-order valence-electron chi connectivity index (χ4n) is 9.92. The first-order valence-corrected chi connectivity index (χ1v) is 28.3. The van der Waals surface area contributed by atoms with Gasteiger partial charge < -0.3 is 83.2 Å². The molecule has 0 radical (unpaired) electrons. The van der Waals surface area contributed by atoms with Crippen LogP contribution in [0.2, 0.25) is 0 Å². The number of hydrogen-bond acceptors (Lipinski definition) is 15. The minimum Gasteiger partial charge on any atom is -0.489 e. The molecule has 25 heteroatoms. The van der Waals surface area contributed by atoms with Crippen molar-refractivity contribution in [2.75, 3.05) is 26.2 Å². The van der Waals surface area contributed by atoms with E-state index in [9.17, 15) is 33.6 Å². The summed E-state index contributed by atoms with van der Waals surface area (Å²) in [6.07, 6.45) is -3.88. The molecule has 2 aliphatic rings. The Hall–Kier alpha value is -9.69. The number of carbonyl (C=O) groups is 9. The second-order valence-corrected chi connectivity index (χ2v) is 20.8. The van der Waals surface area contributed by atoms with Crippen molar-refractivity contribution in [2.45, 2.75) is 106 Å². The number of carboxylic acid groups (broad SMARTS) is 2. The van der Waals surface area contributed by atoms with Gasteiger partial charge in [-0.25, -0.2) is 14.4 Å². The van der Waals surface area contributed by atoms with E-state index in [2.05, 4.69) is 36.9 Å². The van der Waals surface area contributed by atoms with Crippen molar-refractivity contribution in [3.63, 3.8) is 0 Å². The molecule has 460 valence electrons. The van der Waals surface area contributed by atoms with Crippen LogP contribution in [0.1, 0.15) is 59.5 Å². The summed E-state index contributed by atoms with van der Waals surface area (Å²) in [6, 6.07) is 33.6. The second-order valence-electron chi connectivity index (χ2n) is 20.8. The standard InChI is InChI=1S/C58H66N10O9.C4H6O6/c59-27-13-12-22-46-52(69)64-47(30-38-23-25-42(26-24-38)76-36-39-16-6-2-7-17-39)53(70)66-49(31-37-14-4-1-5-15-37)57(74)68-35-43(77-58(75)61-29-28-60)33-50(68)55(72)67-51(40-18-8-3-9-19-40)56(73)65-48(54(71)63-46)32-41-34-62-45-21-11-10-20-44(41)45;5-1(3(7)8)2(6)4(9)10/h1-11,14-21,23-26,34,43,46-51,62H,12-13,22,27-33,35-36,59-60H2,(H,61,75)(H,63,71)(H,64,69)(H,65,73)(H,66,70)(H,67,72);1-2,5-6H,(H,7,8)(H,9,10)/t43-,46+,47+,48-,49+,50+,51+;/m1./s1. The summed E-state index contributed by atoms with van der Waals surface area (Å²) in [5.74, 6) is -7.30. The zero-order chi connectivity index (χ0) is 62.4. The van der Waals surface area contributed by atoms with Crippen LogP contribution in [0.5, 0.6) is 5.75 Å². The Labute approximate surface area is 500 Å². The van der Waals surface area contributed by atoms with E-state index >= 15 is 9.59 Å². The van der Waals surface area contributed by atoms with Crippen LogP contribution in [0.3, 0.4) is 0 Å². The largest absolute Gasteiger partial charge is 0.489 e. The third kappa shape index (κ3) is 18.7. The summed E-state index contributed by atoms with van der Waals surface area (Å²) in [4.78, 5) is 127. The van der Waals surface area contributed by atoms with E-state index in [0.717, 1.165) is 16.5 Å². The van der Waals surface area contributed by atoms with Gasteiger partial charge in [0, 0.05) is 55.9 Å². The number of aliphatic hydroxyl groups is 2. The number of hydrogen-bond donors (Lipinski definition) is 13. The number of carbonyl (C=O) groups excluding carboxylic acids is 7. The molecular weight excluding hydrogens is 1120 g/mol. The number of nitrogens with two attached hydrogens (primary N) is 2. The minimum absolute atomic E-state index is 0.0385. The molecule has 1 aromatic heterocycles. The van der Waals surface area contributed by atoms with Gasteiger partial charge in [0.25, 0.3) is 0 Å². The van der Waals surface area contributed by atoms with Crippen LogP contribution in [-0.2, 0) is 69.0 Å². The molecule has 25 nitrogen and oxygen atoms in total. The van der Waals surface area contributed by atoms with Crippen molar-refractivity contribution in [3.8, 4) is 5.75 Å². The van der Waals surface area contributed by atoms with Crippen molar-refractivity contribution < 1.29 is 73.1 Å². The maximum absolute atomic E-state index is 15.3. The molecule has 87 heavy (non-hydrogen) atoms. The zero-order valence-corrected chi connectivity index (χ0v) is 47.4. The average molecular weight is 1200 g/mol. The van der Waals surface area contributed by atoms with Crippen molar-refractivity contribution in [2.24, 2.45) is 11.5 Å². The topological polar surface area (TPSA) is 396 Å². The van der Waals surface area contributed by atoms with E-state index in [1.807, 2.05) is 60.7 Å². The highest BCUT2D eigenvalue weighted by atomic mass is 16.6. The van der Waals surface area contributed by atoms with Gasteiger partial charge in [0.05, 0.1) is 6.54 Å². The van der Waals surface area contributed by atoms with E-state index in [4.69, 9.17) is 41.4 Å². The molecule has 2 unspecified atom stereocenters. The number of benzene rings is 5. The number of nitrogens with zero attached hydrogens (tertiary/aromatic N) is 1. The molecule has 2 fully saturated rings. The number of para-hydroxylation sites is 1. The highest BCUT2D eigenvalue weighted by molar-refractivity contribution is 5.99. The highest BCUT2D eigenvalue weighted by Gasteiger charge is 2.45. The molecule has 8 rings (SSSR count). The van der Waals surface area contributed by atoms with Gasteiger partial charge in [0.15, 0.2) is 12.2 Å². The molecule has 5 aromatic carbocycles. The van der Waals surface area contributed by atoms with Crippen molar-refractivity contribution in [1.82, 2.24) is 41.8 Å². The Bertz CT molecular complexity index is 3280. The Kier molecular flexibility index (Phi) is 23.9. The predicted octanol–water partition coefficient (Wildman–Crippen LogP) is 1.25. The van der Waals surface area contributed by atoms with Gasteiger partial charge in [-0.05, 0) is 71.8 Å². The third-order valence-electron chi connectivity index (χ3n) is 14.5. The first-order valence-electron chi connectivity index (χ1n) is 28.3. The molecule has 0 spiro atoms. The van der Waals surface area contributed by atoms with Crippen molar-refractivity contribution in [3.05, 3.63) is 174 Å². The average Bonchev–Trinajstić information content (AvgIpc) is 2.18.